The molecular formula is C54H51N2O4OsP+. The summed E-state index contributed by atoms with van der Waals surface area (Å²) in [6.45, 7) is 12.3. The van der Waals surface area contributed by atoms with Gasteiger partial charge in [0.25, 0.3) is 0 Å². The second kappa shape index (κ2) is 17.7. The number of hydrogen-bond acceptors (Lipinski definition) is 4. The molecule has 0 bridgehead atoms. The first-order chi connectivity index (χ1) is 30.0. The first-order valence-electron chi connectivity index (χ1n) is 21.5. The van der Waals surface area contributed by atoms with Crippen LogP contribution in [0.5, 0.6) is 0 Å². The maximum atomic E-state index is 15.6. The summed E-state index contributed by atoms with van der Waals surface area (Å²) in [4.78, 5) is 62.9. The Balaban J connectivity index is 1.65. The molecule has 62 heavy (non-hydrogen) atoms. The number of carbonyl (C=O) groups excluding carboxylic acids is 4. The van der Waals surface area contributed by atoms with Crippen LogP contribution in [0.1, 0.15) is 113 Å². The van der Waals surface area contributed by atoms with Crippen LogP contribution in [-0.4, -0.2) is 46.5 Å². The molecule has 8 heteroatoms. The Morgan fingerprint density at radius 3 is 1.60 bits per heavy atom. The van der Waals surface area contributed by atoms with Gasteiger partial charge in [-0.25, -0.2) is 0 Å². The van der Waals surface area contributed by atoms with E-state index in [-0.39, 0.29) is 24.9 Å². The van der Waals surface area contributed by atoms with E-state index in [1.807, 2.05) is 71.0 Å². The van der Waals surface area contributed by atoms with E-state index in [0.717, 1.165) is 51.6 Å². The average molecular weight is 1010 g/mol. The third-order valence-corrected chi connectivity index (χ3v) is 17.5. The molecule has 1 fully saturated rings. The Morgan fingerprint density at radius 1 is 0.661 bits per heavy atom. The van der Waals surface area contributed by atoms with Gasteiger partial charge in [-0.1, -0.05) is 0 Å². The van der Waals surface area contributed by atoms with E-state index in [1.165, 1.54) is 15.4 Å². The van der Waals surface area contributed by atoms with Crippen LogP contribution in [0.3, 0.4) is 0 Å². The number of nitrogens with zero attached hydrogens (tertiary/aromatic N) is 2. The summed E-state index contributed by atoms with van der Waals surface area (Å²) in [5.41, 5.74) is 5.61. The third-order valence-electron chi connectivity index (χ3n) is 12.1. The van der Waals surface area contributed by atoms with Crippen molar-refractivity contribution >= 4 is 69.2 Å². The van der Waals surface area contributed by atoms with E-state index >= 15 is 9.59 Å². The van der Waals surface area contributed by atoms with Gasteiger partial charge in [-0.2, -0.15) is 0 Å². The Labute approximate surface area is 375 Å². The van der Waals surface area contributed by atoms with Gasteiger partial charge in [-0.15, -0.1) is 0 Å². The van der Waals surface area contributed by atoms with Crippen molar-refractivity contribution in [2.45, 2.75) is 60.8 Å². The van der Waals surface area contributed by atoms with Gasteiger partial charge in [-0.3, -0.25) is 0 Å². The third kappa shape index (κ3) is 7.15. The summed E-state index contributed by atoms with van der Waals surface area (Å²) < 4.78 is 3.83. The van der Waals surface area contributed by atoms with Crippen LogP contribution in [0.4, 0.5) is 0 Å². The molecule has 1 aliphatic carbocycles. The van der Waals surface area contributed by atoms with Gasteiger partial charge >= 0.3 is 377 Å². The van der Waals surface area contributed by atoms with Crippen LogP contribution >= 0.6 is 7.26 Å². The summed E-state index contributed by atoms with van der Waals surface area (Å²) in [5.74, 6) is -1.71. The van der Waals surface area contributed by atoms with Crippen molar-refractivity contribution in [3.63, 3.8) is 0 Å². The van der Waals surface area contributed by atoms with Crippen LogP contribution in [0.15, 0.2) is 138 Å². The molecule has 4 amide bonds. The van der Waals surface area contributed by atoms with E-state index in [2.05, 4.69) is 96.2 Å². The summed E-state index contributed by atoms with van der Waals surface area (Å²) in [6, 6.07) is 35.4. The molecule has 0 unspecified atom stereocenters. The molecule has 1 saturated carbocycles. The van der Waals surface area contributed by atoms with Gasteiger partial charge < -0.3 is 0 Å². The van der Waals surface area contributed by atoms with E-state index in [0.29, 0.717) is 44.2 Å². The molecular weight excluding hydrogens is 962 g/mol. The second-order valence-corrected chi connectivity index (χ2v) is 21.1. The fourth-order valence-corrected chi connectivity index (χ4v) is 15.4. The zero-order valence-corrected chi connectivity index (χ0v) is 39.6. The van der Waals surface area contributed by atoms with Crippen LogP contribution in [0, 0.1) is 16.2 Å². The summed E-state index contributed by atoms with van der Waals surface area (Å²) >= 11 is 1.67. The van der Waals surface area contributed by atoms with E-state index < -0.39 is 30.9 Å². The summed E-state index contributed by atoms with van der Waals surface area (Å²) in [6.07, 6.45) is 10.9. The Bertz CT molecular complexity index is 2730. The normalized spacial score (nSPS) is 17.1. The zero-order chi connectivity index (χ0) is 43.9. The van der Waals surface area contributed by atoms with Gasteiger partial charge in [0.15, 0.2) is 0 Å². The molecule has 0 radical (unpaired) electrons. The first kappa shape index (κ1) is 43.1. The Kier molecular flexibility index (Phi) is 12.3. The molecule has 5 aromatic carbocycles. The summed E-state index contributed by atoms with van der Waals surface area (Å²) in [5, 5.41) is 5.01. The Hall–Kier alpha value is -5.55. The molecule has 0 aromatic heterocycles. The van der Waals surface area contributed by atoms with Crippen molar-refractivity contribution in [2.75, 3.05) is 13.1 Å². The van der Waals surface area contributed by atoms with Crippen LogP contribution in [0.2, 0.25) is 0 Å². The maximum absolute atomic E-state index is 15.6. The van der Waals surface area contributed by atoms with Crippen molar-refractivity contribution in [2.24, 2.45) is 11.8 Å². The fourth-order valence-electron chi connectivity index (χ4n) is 9.59. The standard InChI is InChI=1S/C54H51N2O4P.Os/c1-8-20-39-30-45-49-48-46(52(58)55(32-34(3)4)53(59)47(39)48)31-44(50(49)54(60)56(51(45)57)33-35(5)6)43(29-38-22-19-21-37(38)9-2)36(7)61(40-23-13-10-14-24-40,41-25-15-11-16-26-41)42-27-17-12-18-28-42;/h8-18,20,23-31,34-35H,19,21-22,32-33H2,1-6H3;/q+1;/b20-8+,37-9?,38-29?,43-36?;. The number of imide groups is 2. The number of hydrogen-bond donors (Lipinski definition) is 0. The molecule has 0 saturated heterocycles. The van der Waals surface area contributed by atoms with Gasteiger partial charge in [0.05, 0.1) is 0 Å². The molecule has 0 spiro atoms. The van der Waals surface area contributed by atoms with Crippen LogP contribution in [-0.2, 0) is 17.9 Å². The van der Waals surface area contributed by atoms with Crippen LogP contribution < -0.4 is 15.9 Å². The number of rotatable bonds is 11. The van der Waals surface area contributed by atoms with E-state index in [9.17, 15) is 9.59 Å². The predicted molar refractivity (Wildman–Crippen MR) is 251 cm³/mol. The predicted octanol–water partition coefficient (Wildman–Crippen LogP) is 10.6. The monoisotopic (exact) mass is 1010 g/mol. The van der Waals surface area contributed by atoms with E-state index in [4.69, 9.17) is 0 Å². The molecule has 2 aliphatic heterocycles. The minimum absolute atomic E-state index is 0.00137. The van der Waals surface area contributed by atoms with Gasteiger partial charge in [0.1, 0.15) is 0 Å². The van der Waals surface area contributed by atoms with Gasteiger partial charge in [-0.05, 0) is 0 Å². The minimum atomic E-state index is -2.86. The van der Waals surface area contributed by atoms with Crippen molar-refractivity contribution in [1.82, 2.24) is 9.80 Å². The zero-order valence-electron chi connectivity index (χ0n) is 36.1. The Morgan fingerprint density at radius 2 is 1.13 bits per heavy atom. The first-order valence-corrected chi connectivity index (χ1v) is 24.6. The molecule has 6 nitrogen and oxygen atoms in total. The average Bonchev–Trinajstić information content (AvgIpc) is 3.74. The van der Waals surface area contributed by atoms with Crippen LogP contribution in [0.25, 0.3) is 22.4 Å². The van der Waals surface area contributed by atoms with Gasteiger partial charge in [0, 0.05) is 0 Å². The fraction of sp³-hybridized carbons (Fsp3) is 0.241. The summed E-state index contributed by atoms with van der Waals surface area (Å²) in [7, 11) is -2.86. The molecule has 3 aliphatic rings. The van der Waals surface area contributed by atoms with E-state index in [1.54, 1.807) is 24.0 Å². The number of amides is 4. The quantitative estimate of drug-likeness (QED) is 0.0976. The molecule has 0 atom stereocenters. The molecule has 5 aromatic rings. The SMILES string of the molecule is CC=C1CCCC1=CC(=C([C]#[Os])[P+](c1ccccc1)(c1ccccc1)c1ccccc1)c1cc2c3c(c(/C=C/C)cc4c3c1C(=O)N(CC(C)C)C4=O)C(=O)N(CC(C)C)C2=O. The van der Waals surface area contributed by atoms with Crippen molar-refractivity contribution in [3.8, 4) is 4.37 Å². The number of carbonyl (C=O) groups is 4. The number of allylic oxidation sites excluding steroid dienone is 7. The second-order valence-electron chi connectivity index (χ2n) is 17.1. The van der Waals surface area contributed by atoms with Gasteiger partial charge in [0.2, 0.25) is 0 Å². The molecule has 0 N–H and O–H groups in total. The van der Waals surface area contributed by atoms with Crippen molar-refractivity contribution in [1.29, 1.82) is 0 Å². The molecule has 2 heterocycles. The topological polar surface area (TPSA) is 74.8 Å². The molecule has 313 valence electrons. The molecule has 8 rings (SSSR count). The van der Waals surface area contributed by atoms with Crippen molar-refractivity contribution < 1.29 is 37.1 Å². The van der Waals surface area contributed by atoms with Crippen molar-refractivity contribution in [3.05, 3.63) is 171 Å². The number of benzene rings is 5.